The van der Waals surface area contributed by atoms with Crippen LogP contribution in [0.5, 0.6) is 0 Å². The normalized spacial score (nSPS) is 18.4. The average molecular weight is 550 g/mol. The number of aliphatic hydroxyl groups is 2. The minimum atomic E-state index is -1.31. The molecule has 2 N–H and O–H groups in total. The van der Waals surface area contributed by atoms with E-state index < -0.39 is 24.6 Å². The van der Waals surface area contributed by atoms with E-state index in [1.807, 2.05) is 12.1 Å². The number of carboxylic acid groups (broad SMARTS) is 1. The van der Waals surface area contributed by atoms with Gasteiger partial charge in [0.15, 0.2) is 0 Å². The van der Waals surface area contributed by atoms with E-state index in [0.29, 0.717) is 22.9 Å². The maximum absolute atomic E-state index is 10.8. The molecule has 0 saturated carbocycles. The molecule has 1 aliphatic carbocycles. The van der Waals surface area contributed by atoms with E-state index >= 15 is 0 Å². The van der Waals surface area contributed by atoms with Gasteiger partial charge in [0.05, 0.1) is 22.3 Å². The zero-order valence-electron chi connectivity index (χ0n) is 22.8. The summed E-state index contributed by atoms with van der Waals surface area (Å²) in [7, 11) is 0. The van der Waals surface area contributed by atoms with Gasteiger partial charge in [-0.3, -0.25) is 0 Å². The van der Waals surface area contributed by atoms with E-state index in [9.17, 15) is 20.1 Å². The van der Waals surface area contributed by atoms with Crippen LogP contribution in [0.15, 0.2) is 23.8 Å². The molecule has 4 nitrogen and oxygen atoms in total. The smallest absolute Gasteiger partial charge is 0.550 e. The summed E-state index contributed by atoms with van der Waals surface area (Å²) in [6.45, 7) is 9.11. The average Bonchev–Trinajstić information content (AvgIpc) is 2.76. The van der Waals surface area contributed by atoms with E-state index in [0.717, 1.165) is 18.4 Å². The van der Waals surface area contributed by atoms with Gasteiger partial charge < -0.3 is 20.1 Å². The Kier molecular flexibility index (Phi) is 14.6. The van der Waals surface area contributed by atoms with Crippen molar-refractivity contribution >= 4 is 34.7 Å². The summed E-state index contributed by atoms with van der Waals surface area (Å²) in [4.78, 5) is 10.8. The summed E-state index contributed by atoms with van der Waals surface area (Å²) in [5.41, 5.74) is 3.86. The van der Waals surface area contributed by atoms with Gasteiger partial charge in [-0.05, 0) is 79.0 Å². The first-order valence-electron chi connectivity index (χ1n) is 13.2. The number of rotatable bonds is 14. The Balaban J connectivity index is 0.00000648. The Hall–Kier alpha value is -0.0700. The Morgan fingerprint density at radius 2 is 1.67 bits per heavy atom. The fourth-order valence-electron chi connectivity index (χ4n) is 6.05. The van der Waals surface area contributed by atoms with Gasteiger partial charge in [-0.1, -0.05) is 88.2 Å². The van der Waals surface area contributed by atoms with Crippen molar-refractivity contribution < 1.29 is 49.7 Å². The molecule has 0 aromatic heterocycles. The molecular weight excluding hydrogens is 506 g/mol. The zero-order chi connectivity index (χ0) is 26.2. The number of carbonyl (C=O) groups excluding carboxylic acids is 1. The maximum Gasteiger partial charge on any atom is 1.00 e. The molecule has 1 aromatic carbocycles. The summed E-state index contributed by atoms with van der Waals surface area (Å²) in [6.07, 6.45) is 8.06. The first-order valence-corrected chi connectivity index (χ1v) is 13.9. The van der Waals surface area contributed by atoms with Gasteiger partial charge in [0, 0.05) is 12.4 Å². The van der Waals surface area contributed by atoms with E-state index in [2.05, 4.69) is 33.8 Å². The predicted molar refractivity (Wildman–Crippen MR) is 143 cm³/mol. The minimum absolute atomic E-state index is 0. The quantitative estimate of drug-likeness (QED) is 0.344. The van der Waals surface area contributed by atoms with E-state index in [4.69, 9.17) is 23.2 Å². The van der Waals surface area contributed by atoms with E-state index in [1.54, 1.807) is 0 Å². The number of allylic oxidation sites excluding steroid dienone is 2. The predicted octanol–water partition coefficient (Wildman–Crippen LogP) is 3.97. The molecule has 2 atom stereocenters. The second-order valence-electron chi connectivity index (χ2n) is 11.2. The van der Waals surface area contributed by atoms with Gasteiger partial charge >= 0.3 is 29.6 Å². The standard InChI is InChI=1S/C29H44Cl2O4.Na/c1-5-7-13-29(14-8-6-2)18-23(20-9-12-25(30)26(31)15-20)24(28(3,4)19-29)11-10-21(32)16-22(33)17-27(34)35;/h9,12,15,21-22,32-33H,5-8,10-11,13-14,16-19H2,1-4H3,(H,34,35);/q;+1/p-1. The molecule has 0 aliphatic heterocycles. The molecule has 0 bridgehead atoms. The first-order chi connectivity index (χ1) is 16.4. The van der Waals surface area contributed by atoms with Gasteiger partial charge in [-0.25, -0.2) is 0 Å². The van der Waals surface area contributed by atoms with Gasteiger partial charge in [0.25, 0.3) is 0 Å². The van der Waals surface area contributed by atoms with E-state index in [-0.39, 0.29) is 46.8 Å². The molecule has 7 heteroatoms. The number of carboxylic acids is 1. The molecule has 1 aromatic rings. The van der Waals surface area contributed by atoms with Crippen LogP contribution in [0.25, 0.3) is 5.57 Å². The molecule has 36 heavy (non-hydrogen) atoms. The second-order valence-corrected chi connectivity index (χ2v) is 12.0. The number of aliphatic hydroxyl groups excluding tert-OH is 2. The van der Waals surface area contributed by atoms with Crippen LogP contribution in [-0.4, -0.2) is 28.4 Å². The number of aliphatic carboxylic acids is 1. The number of benzene rings is 1. The molecule has 0 amide bonds. The van der Waals surface area contributed by atoms with Gasteiger partial charge in [0.1, 0.15) is 0 Å². The third kappa shape index (κ3) is 9.91. The van der Waals surface area contributed by atoms with Crippen LogP contribution in [0, 0.1) is 10.8 Å². The molecule has 2 unspecified atom stereocenters. The molecule has 0 radical (unpaired) electrons. The fourth-order valence-corrected chi connectivity index (χ4v) is 6.35. The molecule has 0 heterocycles. The van der Waals surface area contributed by atoms with Gasteiger partial charge in [0.2, 0.25) is 0 Å². The van der Waals surface area contributed by atoms with Crippen molar-refractivity contribution in [3.63, 3.8) is 0 Å². The van der Waals surface area contributed by atoms with Crippen molar-refractivity contribution in [2.75, 3.05) is 0 Å². The zero-order valence-corrected chi connectivity index (χ0v) is 26.4. The first kappa shape index (κ1) is 34.0. The summed E-state index contributed by atoms with van der Waals surface area (Å²) in [5.74, 6) is -1.31. The molecular formula is C29H43Cl2NaO4. The fraction of sp³-hybridized carbons (Fsp3) is 0.690. The Morgan fingerprint density at radius 3 is 2.19 bits per heavy atom. The van der Waals surface area contributed by atoms with Gasteiger partial charge in [-0.15, -0.1) is 0 Å². The van der Waals surface area contributed by atoms with Crippen LogP contribution in [0.3, 0.4) is 0 Å². The van der Waals surface area contributed by atoms with Crippen molar-refractivity contribution in [2.45, 2.75) is 117 Å². The van der Waals surface area contributed by atoms with Crippen molar-refractivity contribution in [1.82, 2.24) is 0 Å². The second kappa shape index (κ2) is 15.5. The summed E-state index contributed by atoms with van der Waals surface area (Å²) < 4.78 is 0. The summed E-state index contributed by atoms with van der Waals surface area (Å²) >= 11 is 12.7. The Morgan fingerprint density at radius 1 is 1.06 bits per heavy atom. The number of hydrogen-bond acceptors (Lipinski definition) is 4. The Labute approximate surface area is 250 Å². The number of halogens is 2. The third-order valence-corrected chi connectivity index (χ3v) is 8.35. The van der Waals surface area contributed by atoms with Crippen LogP contribution in [0.1, 0.15) is 110 Å². The summed E-state index contributed by atoms with van der Waals surface area (Å²) in [6, 6.07) is 5.87. The molecule has 2 rings (SSSR count). The number of unbranched alkanes of at least 4 members (excludes halogenated alkanes) is 2. The third-order valence-electron chi connectivity index (χ3n) is 7.61. The maximum atomic E-state index is 10.8. The molecule has 1 aliphatic rings. The van der Waals surface area contributed by atoms with Crippen molar-refractivity contribution in [1.29, 1.82) is 0 Å². The number of hydrogen-bond donors (Lipinski definition) is 2. The topological polar surface area (TPSA) is 80.6 Å². The molecule has 0 saturated heterocycles. The van der Waals surface area contributed by atoms with Crippen LogP contribution < -0.4 is 34.7 Å². The molecule has 0 fully saturated rings. The monoisotopic (exact) mass is 548 g/mol. The van der Waals surface area contributed by atoms with Crippen LogP contribution >= 0.6 is 23.2 Å². The minimum Gasteiger partial charge on any atom is -0.550 e. The number of carbonyl (C=O) groups is 1. The van der Waals surface area contributed by atoms with Crippen molar-refractivity contribution in [2.24, 2.45) is 10.8 Å². The Bertz CT molecular complexity index is 876. The van der Waals surface area contributed by atoms with Crippen LogP contribution in [-0.2, 0) is 4.79 Å². The van der Waals surface area contributed by atoms with E-state index in [1.165, 1.54) is 49.7 Å². The largest absolute Gasteiger partial charge is 1.00 e. The summed E-state index contributed by atoms with van der Waals surface area (Å²) in [5, 5.41) is 32.3. The van der Waals surface area contributed by atoms with Gasteiger partial charge in [-0.2, -0.15) is 0 Å². The molecule has 0 spiro atoms. The van der Waals surface area contributed by atoms with Crippen molar-refractivity contribution in [3.8, 4) is 0 Å². The van der Waals surface area contributed by atoms with Crippen LogP contribution in [0.4, 0.5) is 0 Å². The van der Waals surface area contributed by atoms with Crippen LogP contribution in [0.2, 0.25) is 10.0 Å². The van der Waals surface area contributed by atoms with Crippen molar-refractivity contribution in [3.05, 3.63) is 39.4 Å². The SMILES string of the molecule is CCCCC1(CCCC)CC(c2ccc(Cl)c(Cl)c2)=C(CCC(O)CC(O)CC(=O)[O-])C(C)(C)C1.[Na+]. The molecule has 198 valence electrons.